The molecule has 1 saturated carbocycles. The zero-order chi connectivity index (χ0) is 16.1. The number of rotatable bonds is 6. The molecule has 2 rings (SSSR count). The lowest BCUT2D eigenvalue weighted by molar-refractivity contribution is -0.141. The van der Waals surface area contributed by atoms with Gasteiger partial charge in [0, 0.05) is 6.04 Å². The Morgan fingerprint density at radius 3 is 2.64 bits per heavy atom. The molecule has 1 aliphatic rings. The van der Waals surface area contributed by atoms with Gasteiger partial charge in [-0.2, -0.15) is 0 Å². The summed E-state index contributed by atoms with van der Waals surface area (Å²) in [6, 6.07) is 6.35. The van der Waals surface area contributed by atoms with Crippen molar-refractivity contribution in [1.29, 1.82) is 0 Å². The van der Waals surface area contributed by atoms with Gasteiger partial charge in [0.2, 0.25) is 0 Å². The van der Waals surface area contributed by atoms with Gasteiger partial charge in [0.1, 0.15) is 5.75 Å². The molecule has 0 unspecified atom stereocenters. The first-order valence-electron chi connectivity index (χ1n) is 7.01. The van der Waals surface area contributed by atoms with Gasteiger partial charge in [0.05, 0.1) is 11.5 Å². The van der Waals surface area contributed by atoms with E-state index in [1.54, 1.807) is 24.3 Å². The van der Waals surface area contributed by atoms with Crippen molar-refractivity contribution in [3.8, 4) is 5.75 Å². The van der Waals surface area contributed by atoms with Gasteiger partial charge in [-0.3, -0.25) is 14.4 Å². The highest BCUT2D eigenvalue weighted by Gasteiger charge is 2.31. The summed E-state index contributed by atoms with van der Waals surface area (Å²) in [5.74, 6) is -1.95. The highest BCUT2D eigenvalue weighted by molar-refractivity contribution is 5.97. The van der Waals surface area contributed by atoms with Gasteiger partial charge >= 0.3 is 5.97 Å². The lowest BCUT2D eigenvalue weighted by atomic mass is 10.1. The Hall–Kier alpha value is -2.57. The molecular weight excluding hydrogens is 288 g/mol. The van der Waals surface area contributed by atoms with E-state index in [0.29, 0.717) is 24.8 Å². The molecule has 0 aromatic heterocycles. The summed E-state index contributed by atoms with van der Waals surface area (Å²) in [5, 5.41) is 11.8. The number of carbonyl (C=O) groups excluding carboxylic acids is 2. The van der Waals surface area contributed by atoms with Crippen LogP contribution in [0.2, 0.25) is 0 Å². The van der Waals surface area contributed by atoms with Crippen LogP contribution in [0.3, 0.4) is 0 Å². The largest absolute Gasteiger partial charge is 0.483 e. The average Bonchev–Trinajstić information content (AvgIpc) is 2.94. The molecule has 2 amide bonds. The van der Waals surface area contributed by atoms with Gasteiger partial charge < -0.3 is 20.9 Å². The van der Waals surface area contributed by atoms with Gasteiger partial charge in [-0.1, -0.05) is 12.1 Å². The number of aliphatic carboxylic acids is 1. The van der Waals surface area contributed by atoms with Crippen LogP contribution in [-0.2, 0) is 9.59 Å². The zero-order valence-corrected chi connectivity index (χ0v) is 12.0. The number of benzene rings is 1. The molecule has 1 aromatic rings. The van der Waals surface area contributed by atoms with Crippen LogP contribution < -0.4 is 15.8 Å². The topological polar surface area (TPSA) is 119 Å². The van der Waals surface area contributed by atoms with E-state index < -0.39 is 17.8 Å². The number of ether oxygens (including phenoxy) is 1. The third-order valence-corrected chi connectivity index (χ3v) is 3.62. The second-order valence-corrected chi connectivity index (χ2v) is 5.27. The van der Waals surface area contributed by atoms with E-state index >= 15 is 0 Å². The molecule has 0 spiro atoms. The van der Waals surface area contributed by atoms with E-state index in [9.17, 15) is 14.4 Å². The van der Waals surface area contributed by atoms with Gasteiger partial charge in [-0.15, -0.1) is 0 Å². The van der Waals surface area contributed by atoms with Crippen LogP contribution in [0, 0.1) is 5.92 Å². The number of hydrogen-bond acceptors (Lipinski definition) is 4. The van der Waals surface area contributed by atoms with Crippen molar-refractivity contribution in [2.24, 2.45) is 11.7 Å². The monoisotopic (exact) mass is 306 g/mol. The maximum Gasteiger partial charge on any atom is 0.306 e. The molecule has 1 fully saturated rings. The zero-order valence-electron chi connectivity index (χ0n) is 12.0. The molecule has 22 heavy (non-hydrogen) atoms. The van der Waals surface area contributed by atoms with E-state index in [4.69, 9.17) is 15.6 Å². The van der Waals surface area contributed by atoms with Crippen LogP contribution in [0.4, 0.5) is 0 Å². The molecular formula is C15H18N2O5. The molecule has 0 aliphatic heterocycles. The van der Waals surface area contributed by atoms with Gasteiger partial charge in [-0.05, 0) is 31.4 Å². The fraction of sp³-hybridized carbons (Fsp3) is 0.400. The van der Waals surface area contributed by atoms with E-state index in [1.165, 1.54) is 0 Å². The van der Waals surface area contributed by atoms with Crippen LogP contribution in [-0.4, -0.2) is 35.5 Å². The first-order chi connectivity index (χ1) is 10.5. The van der Waals surface area contributed by atoms with Gasteiger partial charge in [-0.25, -0.2) is 0 Å². The molecule has 4 N–H and O–H groups in total. The second kappa shape index (κ2) is 6.93. The molecule has 0 heterocycles. The van der Waals surface area contributed by atoms with E-state index in [0.717, 1.165) is 0 Å². The summed E-state index contributed by atoms with van der Waals surface area (Å²) in [5.41, 5.74) is 5.32. The number of nitrogens with two attached hydrogens (primary N) is 1. The van der Waals surface area contributed by atoms with Crippen LogP contribution in [0.5, 0.6) is 5.75 Å². The van der Waals surface area contributed by atoms with Crippen molar-refractivity contribution < 1.29 is 24.2 Å². The fourth-order valence-corrected chi connectivity index (χ4v) is 2.53. The number of primary amides is 1. The number of para-hydroxylation sites is 1. The minimum atomic E-state index is -0.832. The molecule has 118 valence electrons. The van der Waals surface area contributed by atoms with Crippen molar-refractivity contribution in [3.63, 3.8) is 0 Å². The molecule has 0 saturated heterocycles. The van der Waals surface area contributed by atoms with Crippen molar-refractivity contribution in [2.45, 2.75) is 25.3 Å². The maximum absolute atomic E-state index is 12.3. The third kappa shape index (κ3) is 3.97. The predicted molar refractivity (Wildman–Crippen MR) is 77.4 cm³/mol. The summed E-state index contributed by atoms with van der Waals surface area (Å²) in [7, 11) is 0. The Morgan fingerprint density at radius 2 is 2.00 bits per heavy atom. The molecule has 2 atom stereocenters. The highest BCUT2D eigenvalue weighted by atomic mass is 16.5. The first kappa shape index (κ1) is 15.8. The Labute approximate surface area is 127 Å². The summed E-state index contributed by atoms with van der Waals surface area (Å²) < 4.78 is 5.21. The van der Waals surface area contributed by atoms with Crippen LogP contribution in [0.25, 0.3) is 0 Å². The Balaban J connectivity index is 2.01. The molecule has 0 radical (unpaired) electrons. The van der Waals surface area contributed by atoms with E-state index in [2.05, 4.69) is 5.32 Å². The van der Waals surface area contributed by atoms with Gasteiger partial charge in [0.25, 0.3) is 11.8 Å². The number of amides is 2. The number of nitrogens with one attached hydrogen (secondary N) is 1. The summed E-state index contributed by atoms with van der Waals surface area (Å²) >= 11 is 0. The van der Waals surface area contributed by atoms with E-state index in [1.807, 2.05) is 0 Å². The molecule has 1 aliphatic carbocycles. The highest BCUT2D eigenvalue weighted by Crippen LogP contribution is 2.26. The Bertz CT molecular complexity index is 587. The minimum absolute atomic E-state index is 0.169. The maximum atomic E-state index is 12.3. The average molecular weight is 306 g/mol. The minimum Gasteiger partial charge on any atom is -0.483 e. The van der Waals surface area contributed by atoms with Crippen molar-refractivity contribution in [3.05, 3.63) is 29.8 Å². The lowest BCUT2D eigenvalue weighted by Crippen LogP contribution is -2.33. The molecule has 0 bridgehead atoms. The molecule has 1 aromatic carbocycles. The van der Waals surface area contributed by atoms with E-state index in [-0.39, 0.29) is 24.3 Å². The first-order valence-corrected chi connectivity index (χ1v) is 7.01. The van der Waals surface area contributed by atoms with Crippen LogP contribution >= 0.6 is 0 Å². The van der Waals surface area contributed by atoms with Crippen LogP contribution in [0.15, 0.2) is 24.3 Å². The Kier molecular flexibility index (Phi) is 4.98. The number of carbonyl (C=O) groups is 3. The van der Waals surface area contributed by atoms with Crippen molar-refractivity contribution in [1.82, 2.24) is 5.32 Å². The fourth-order valence-electron chi connectivity index (χ4n) is 2.53. The smallest absolute Gasteiger partial charge is 0.306 e. The summed E-state index contributed by atoms with van der Waals surface area (Å²) in [6.45, 7) is -0.311. The quantitative estimate of drug-likeness (QED) is 0.708. The summed E-state index contributed by atoms with van der Waals surface area (Å²) in [6.07, 6.45) is 1.61. The SMILES string of the molecule is NC(=O)COc1ccccc1C(=O)N[C@@H]1CC[C@H](C(=O)O)C1. The molecule has 7 heteroatoms. The second-order valence-electron chi connectivity index (χ2n) is 5.27. The van der Waals surface area contributed by atoms with Crippen molar-refractivity contribution in [2.75, 3.05) is 6.61 Å². The lowest BCUT2D eigenvalue weighted by Gasteiger charge is -2.14. The van der Waals surface area contributed by atoms with Gasteiger partial charge in [0.15, 0.2) is 6.61 Å². The number of hydrogen-bond donors (Lipinski definition) is 3. The summed E-state index contributed by atoms with van der Waals surface area (Å²) in [4.78, 5) is 34.0. The predicted octanol–water partition coefficient (Wildman–Crippen LogP) is 0.534. The van der Waals surface area contributed by atoms with Crippen LogP contribution in [0.1, 0.15) is 29.6 Å². The third-order valence-electron chi connectivity index (χ3n) is 3.62. The van der Waals surface area contributed by atoms with Crippen molar-refractivity contribution >= 4 is 17.8 Å². The normalized spacial score (nSPS) is 20.4. The molecule has 7 nitrogen and oxygen atoms in total. The number of carboxylic acids is 1. The number of carboxylic acid groups (broad SMARTS) is 1. The standard InChI is InChI=1S/C15H18N2O5/c16-13(18)8-22-12-4-2-1-3-11(12)14(19)17-10-6-5-9(7-10)15(20)21/h1-4,9-10H,5-8H2,(H2,16,18)(H,17,19)(H,20,21)/t9-,10+/m0/s1. The Morgan fingerprint density at radius 1 is 1.27 bits per heavy atom.